The SMILES string of the molecule is Nc1cccc2c1CCN2C(=O)c1cncs1. The molecule has 2 heterocycles. The minimum absolute atomic E-state index is 0.0110. The third-order valence-electron chi connectivity index (χ3n) is 2.95. The molecule has 0 radical (unpaired) electrons. The van der Waals surface area contributed by atoms with Gasteiger partial charge in [0.05, 0.1) is 11.7 Å². The van der Waals surface area contributed by atoms with Crippen molar-refractivity contribution < 1.29 is 4.79 Å². The number of fused-ring (bicyclic) bond motifs is 1. The Hall–Kier alpha value is -1.88. The average Bonchev–Trinajstić information content (AvgIpc) is 2.98. The van der Waals surface area contributed by atoms with Gasteiger partial charge in [-0.1, -0.05) is 6.07 Å². The summed E-state index contributed by atoms with van der Waals surface area (Å²) < 4.78 is 0. The number of amides is 1. The molecule has 17 heavy (non-hydrogen) atoms. The normalized spacial score (nSPS) is 13.8. The zero-order valence-corrected chi connectivity index (χ0v) is 9.91. The zero-order valence-electron chi connectivity index (χ0n) is 9.09. The van der Waals surface area contributed by atoms with Crippen molar-refractivity contribution in [2.45, 2.75) is 6.42 Å². The maximum absolute atomic E-state index is 12.2. The number of carbonyl (C=O) groups excluding carboxylic acids is 1. The van der Waals surface area contributed by atoms with Gasteiger partial charge < -0.3 is 10.6 Å². The molecule has 0 bridgehead atoms. The Balaban J connectivity index is 1.99. The van der Waals surface area contributed by atoms with E-state index in [1.54, 1.807) is 16.6 Å². The minimum atomic E-state index is 0.0110. The van der Waals surface area contributed by atoms with Crippen molar-refractivity contribution in [1.29, 1.82) is 0 Å². The monoisotopic (exact) mass is 245 g/mol. The third kappa shape index (κ3) is 1.59. The summed E-state index contributed by atoms with van der Waals surface area (Å²) in [5.41, 5.74) is 10.3. The van der Waals surface area contributed by atoms with E-state index in [1.165, 1.54) is 11.3 Å². The van der Waals surface area contributed by atoms with E-state index in [2.05, 4.69) is 4.98 Å². The molecule has 2 aromatic rings. The summed E-state index contributed by atoms with van der Waals surface area (Å²) in [5, 5.41) is 0. The van der Waals surface area contributed by atoms with E-state index < -0.39 is 0 Å². The molecule has 4 nitrogen and oxygen atoms in total. The highest BCUT2D eigenvalue weighted by Gasteiger charge is 2.27. The lowest BCUT2D eigenvalue weighted by Crippen LogP contribution is -2.28. The number of rotatable bonds is 1. The summed E-state index contributed by atoms with van der Waals surface area (Å²) in [7, 11) is 0. The molecular formula is C12H11N3OS. The Morgan fingerprint density at radius 2 is 2.35 bits per heavy atom. The molecule has 0 spiro atoms. The second-order valence-electron chi connectivity index (χ2n) is 3.92. The first-order valence-electron chi connectivity index (χ1n) is 5.35. The van der Waals surface area contributed by atoms with Gasteiger partial charge in [-0.3, -0.25) is 9.78 Å². The highest BCUT2D eigenvalue weighted by molar-refractivity contribution is 7.11. The van der Waals surface area contributed by atoms with Crippen molar-refractivity contribution in [2.24, 2.45) is 0 Å². The average molecular weight is 245 g/mol. The number of thiazole rings is 1. The van der Waals surface area contributed by atoms with Crippen molar-refractivity contribution >= 4 is 28.6 Å². The summed E-state index contributed by atoms with van der Waals surface area (Å²) in [6, 6.07) is 5.70. The number of nitrogen functional groups attached to an aromatic ring is 1. The van der Waals surface area contributed by atoms with Crippen molar-refractivity contribution in [2.75, 3.05) is 17.2 Å². The van der Waals surface area contributed by atoms with Crippen LogP contribution in [0, 0.1) is 0 Å². The van der Waals surface area contributed by atoms with E-state index in [1.807, 2.05) is 18.2 Å². The highest BCUT2D eigenvalue weighted by Crippen LogP contribution is 2.33. The van der Waals surface area contributed by atoms with Crippen LogP contribution in [0.3, 0.4) is 0 Å². The topological polar surface area (TPSA) is 59.2 Å². The van der Waals surface area contributed by atoms with E-state index in [9.17, 15) is 4.79 Å². The Morgan fingerprint density at radius 3 is 3.12 bits per heavy atom. The van der Waals surface area contributed by atoms with E-state index >= 15 is 0 Å². The fourth-order valence-electron chi connectivity index (χ4n) is 2.13. The largest absolute Gasteiger partial charge is 0.398 e. The number of aromatic nitrogens is 1. The van der Waals surface area contributed by atoms with Crippen LogP contribution in [0.25, 0.3) is 0 Å². The van der Waals surface area contributed by atoms with Gasteiger partial charge in [0.15, 0.2) is 0 Å². The van der Waals surface area contributed by atoms with Crippen LogP contribution in [0.1, 0.15) is 15.2 Å². The van der Waals surface area contributed by atoms with Crippen molar-refractivity contribution in [1.82, 2.24) is 4.98 Å². The number of anilines is 2. The summed E-state index contributed by atoms with van der Waals surface area (Å²) in [4.78, 5) is 18.6. The molecule has 1 aliphatic heterocycles. The van der Waals surface area contributed by atoms with Crippen LogP contribution >= 0.6 is 11.3 Å². The summed E-state index contributed by atoms with van der Waals surface area (Å²) in [5.74, 6) is 0.0110. The molecule has 0 saturated heterocycles. The molecular weight excluding hydrogens is 234 g/mol. The number of benzene rings is 1. The molecule has 2 N–H and O–H groups in total. The van der Waals surface area contributed by atoms with Crippen LogP contribution in [0.15, 0.2) is 29.9 Å². The van der Waals surface area contributed by atoms with E-state index in [4.69, 9.17) is 5.73 Å². The molecule has 0 aliphatic carbocycles. The second kappa shape index (κ2) is 3.85. The predicted octanol–water partition coefficient (Wildman–Crippen LogP) is 1.93. The van der Waals surface area contributed by atoms with Gasteiger partial charge in [0.2, 0.25) is 0 Å². The van der Waals surface area contributed by atoms with Gasteiger partial charge in [0, 0.05) is 23.5 Å². The van der Waals surface area contributed by atoms with E-state index in [-0.39, 0.29) is 5.91 Å². The first kappa shape index (κ1) is 10.3. The first-order chi connectivity index (χ1) is 8.27. The van der Waals surface area contributed by atoms with Crippen LogP contribution in [-0.2, 0) is 6.42 Å². The van der Waals surface area contributed by atoms with Crippen LogP contribution in [0.2, 0.25) is 0 Å². The minimum Gasteiger partial charge on any atom is -0.398 e. The lowest BCUT2D eigenvalue weighted by atomic mass is 10.1. The van der Waals surface area contributed by atoms with E-state index in [0.717, 1.165) is 23.4 Å². The number of carbonyl (C=O) groups is 1. The zero-order chi connectivity index (χ0) is 11.8. The number of nitrogens with two attached hydrogens (primary N) is 1. The van der Waals surface area contributed by atoms with Gasteiger partial charge in [-0.25, -0.2) is 0 Å². The fraction of sp³-hybridized carbons (Fsp3) is 0.167. The maximum Gasteiger partial charge on any atom is 0.269 e. The molecule has 1 aromatic heterocycles. The quantitative estimate of drug-likeness (QED) is 0.781. The molecule has 0 fully saturated rings. The van der Waals surface area contributed by atoms with Gasteiger partial charge in [-0.05, 0) is 18.6 Å². The highest BCUT2D eigenvalue weighted by atomic mass is 32.1. The molecule has 0 saturated carbocycles. The fourth-order valence-corrected chi connectivity index (χ4v) is 2.69. The smallest absolute Gasteiger partial charge is 0.269 e. The first-order valence-corrected chi connectivity index (χ1v) is 6.23. The van der Waals surface area contributed by atoms with Crippen LogP contribution in [0.4, 0.5) is 11.4 Å². The second-order valence-corrected chi connectivity index (χ2v) is 4.80. The van der Waals surface area contributed by atoms with Gasteiger partial charge in [-0.2, -0.15) is 0 Å². The molecule has 1 aliphatic rings. The molecule has 5 heteroatoms. The molecule has 1 aromatic carbocycles. The van der Waals surface area contributed by atoms with Gasteiger partial charge in [0.25, 0.3) is 5.91 Å². The summed E-state index contributed by atoms with van der Waals surface area (Å²) in [6.45, 7) is 0.695. The maximum atomic E-state index is 12.2. The molecule has 86 valence electrons. The van der Waals surface area contributed by atoms with Crippen molar-refractivity contribution in [3.63, 3.8) is 0 Å². The number of hydrogen-bond donors (Lipinski definition) is 1. The van der Waals surface area contributed by atoms with Crippen molar-refractivity contribution in [3.05, 3.63) is 40.3 Å². The Kier molecular flexibility index (Phi) is 2.33. The molecule has 3 rings (SSSR count). The van der Waals surface area contributed by atoms with Gasteiger partial charge in [0.1, 0.15) is 4.88 Å². The number of nitrogens with zero attached hydrogens (tertiary/aromatic N) is 2. The lowest BCUT2D eigenvalue weighted by molar-refractivity contribution is 0.0993. The predicted molar refractivity (Wildman–Crippen MR) is 68.3 cm³/mol. The van der Waals surface area contributed by atoms with Crippen LogP contribution in [0.5, 0.6) is 0 Å². The molecule has 0 unspecified atom stereocenters. The van der Waals surface area contributed by atoms with Crippen molar-refractivity contribution in [3.8, 4) is 0 Å². The van der Waals surface area contributed by atoms with Gasteiger partial charge >= 0.3 is 0 Å². The summed E-state index contributed by atoms with van der Waals surface area (Å²) >= 11 is 1.36. The lowest BCUT2D eigenvalue weighted by Gasteiger charge is -2.16. The number of hydrogen-bond acceptors (Lipinski definition) is 4. The molecule has 1 amide bonds. The summed E-state index contributed by atoms with van der Waals surface area (Å²) in [6.07, 6.45) is 2.43. The Bertz CT molecular complexity index is 565. The third-order valence-corrected chi connectivity index (χ3v) is 3.71. The van der Waals surface area contributed by atoms with Crippen LogP contribution in [-0.4, -0.2) is 17.4 Å². The van der Waals surface area contributed by atoms with Gasteiger partial charge in [-0.15, -0.1) is 11.3 Å². The standard InChI is InChI=1S/C12H11N3OS/c13-9-2-1-3-10-8(9)4-5-15(10)12(16)11-6-14-7-17-11/h1-3,6-7H,4-5,13H2. The molecule has 0 atom stereocenters. The van der Waals surface area contributed by atoms with Crippen LogP contribution < -0.4 is 10.6 Å². The Morgan fingerprint density at radius 1 is 1.47 bits per heavy atom. The Labute approximate surface area is 103 Å². The van der Waals surface area contributed by atoms with E-state index in [0.29, 0.717) is 11.4 Å².